The molecule has 3 N–H and O–H groups in total. The Hall–Kier alpha value is -0.810. The Bertz CT molecular complexity index is 297. The number of carbonyl (C=O) groups is 1. The van der Waals surface area contributed by atoms with Crippen LogP contribution >= 0.6 is 0 Å². The van der Waals surface area contributed by atoms with Crippen LogP contribution in [-0.2, 0) is 4.74 Å². The van der Waals surface area contributed by atoms with Gasteiger partial charge in [-0.25, -0.2) is 4.79 Å². The summed E-state index contributed by atoms with van der Waals surface area (Å²) >= 11 is 0. The van der Waals surface area contributed by atoms with Crippen molar-refractivity contribution in [1.29, 1.82) is 0 Å². The number of amides is 1. The molecule has 0 saturated carbocycles. The number of hydrogen-bond acceptors (Lipinski definition) is 4. The maximum atomic E-state index is 12.0. The van der Waals surface area contributed by atoms with Crippen molar-refractivity contribution >= 4 is 6.09 Å². The Kier molecular flexibility index (Phi) is 4.61. The van der Waals surface area contributed by atoms with Gasteiger partial charge in [0.05, 0.1) is 5.60 Å². The molecule has 1 aliphatic heterocycles. The summed E-state index contributed by atoms with van der Waals surface area (Å²) in [7, 11) is 0. The molecule has 0 spiro atoms. The van der Waals surface area contributed by atoms with Crippen molar-refractivity contribution in [2.45, 2.75) is 51.7 Å². The van der Waals surface area contributed by atoms with Gasteiger partial charge in [-0.1, -0.05) is 0 Å². The third-order valence-corrected chi connectivity index (χ3v) is 3.37. The zero-order valence-electron chi connectivity index (χ0n) is 11.9. The summed E-state index contributed by atoms with van der Waals surface area (Å²) in [5, 5.41) is 10.2. The van der Waals surface area contributed by atoms with E-state index in [4.69, 9.17) is 10.5 Å². The summed E-state index contributed by atoms with van der Waals surface area (Å²) in [6.45, 7) is 8.69. The monoisotopic (exact) mass is 258 g/mol. The molecule has 1 heterocycles. The average molecular weight is 258 g/mol. The molecule has 0 aromatic rings. The van der Waals surface area contributed by atoms with Gasteiger partial charge in [-0.15, -0.1) is 0 Å². The van der Waals surface area contributed by atoms with E-state index in [0.29, 0.717) is 13.1 Å². The number of nitrogens with two attached hydrogens (primary N) is 1. The Morgan fingerprint density at radius 1 is 1.44 bits per heavy atom. The summed E-state index contributed by atoms with van der Waals surface area (Å²) in [5.74, 6) is 0.0174. The third kappa shape index (κ3) is 4.14. The molecule has 1 rings (SSSR count). The molecule has 0 radical (unpaired) electrons. The highest BCUT2D eigenvalue weighted by atomic mass is 16.6. The van der Waals surface area contributed by atoms with Crippen LogP contribution in [0.5, 0.6) is 0 Å². The molecule has 18 heavy (non-hydrogen) atoms. The number of piperidine rings is 1. The molecule has 5 nitrogen and oxygen atoms in total. The lowest BCUT2D eigenvalue weighted by molar-refractivity contribution is -0.0340. The minimum atomic E-state index is -0.916. The van der Waals surface area contributed by atoms with Crippen LogP contribution in [0.15, 0.2) is 0 Å². The summed E-state index contributed by atoms with van der Waals surface area (Å²) in [6.07, 6.45) is 1.46. The largest absolute Gasteiger partial charge is 0.444 e. The van der Waals surface area contributed by atoms with E-state index >= 15 is 0 Å². The maximum absolute atomic E-state index is 12.0. The molecule has 1 amide bonds. The minimum Gasteiger partial charge on any atom is -0.444 e. The van der Waals surface area contributed by atoms with Crippen molar-refractivity contribution < 1.29 is 14.6 Å². The molecule has 1 fully saturated rings. The normalized spacial score (nSPS) is 24.6. The van der Waals surface area contributed by atoms with Gasteiger partial charge in [-0.2, -0.15) is 0 Å². The van der Waals surface area contributed by atoms with Gasteiger partial charge >= 0.3 is 6.09 Å². The quantitative estimate of drug-likeness (QED) is 0.784. The summed E-state index contributed by atoms with van der Waals surface area (Å²) in [6, 6.07) is 0. The third-order valence-electron chi connectivity index (χ3n) is 3.37. The minimum absolute atomic E-state index is 0.0174. The zero-order valence-corrected chi connectivity index (χ0v) is 11.9. The van der Waals surface area contributed by atoms with E-state index in [1.54, 1.807) is 11.8 Å². The first-order chi connectivity index (χ1) is 8.15. The van der Waals surface area contributed by atoms with E-state index in [1.165, 1.54) is 0 Å². The molecule has 0 unspecified atom stereocenters. The van der Waals surface area contributed by atoms with Gasteiger partial charge in [-0.3, -0.25) is 0 Å². The van der Waals surface area contributed by atoms with E-state index in [2.05, 4.69) is 0 Å². The second-order valence-electron chi connectivity index (χ2n) is 6.33. The van der Waals surface area contributed by atoms with Crippen molar-refractivity contribution in [3.63, 3.8) is 0 Å². The van der Waals surface area contributed by atoms with Crippen LogP contribution in [-0.4, -0.2) is 46.9 Å². The van der Waals surface area contributed by atoms with Crippen molar-refractivity contribution in [1.82, 2.24) is 4.90 Å². The maximum Gasteiger partial charge on any atom is 0.410 e. The van der Waals surface area contributed by atoms with Gasteiger partial charge in [0.25, 0.3) is 0 Å². The summed E-state index contributed by atoms with van der Waals surface area (Å²) < 4.78 is 5.35. The molecule has 0 aromatic carbocycles. The predicted octanol–water partition coefficient (Wildman–Crippen LogP) is 1.34. The molecule has 0 aliphatic carbocycles. The fourth-order valence-electron chi connectivity index (χ4n) is 2.14. The fourth-order valence-corrected chi connectivity index (χ4v) is 2.14. The second kappa shape index (κ2) is 5.45. The van der Waals surface area contributed by atoms with Crippen LogP contribution in [0.3, 0.4) is 0 Å². The van der Waals surface area contributed by atoms with Gasteiger partial charge in [0, 0.05) is 25.6 Å². The number of carbonyl (C=O) groups excluding carboxylic acids is 1. The predicted molar refractivity (Wildman–Crippen MR) is 70.2 cm³/mol. The van der Waals surface area contributed by atoms with Crippen molar-refractivity contribution in [3.05, 3.63) is 0 Å². The van der Waals surface area contributed by atoms with Gasteiger partial charge in [0.1, 0.15) is 5.60 Å². The van der Waals surface area contributed by atoms with Crippen LogP contribution in [0.25, 0.3) is 0 Å². The zero-order chi connectivity index (χ0) is 14.0. The Morgan fingerprint density at radius 3 is 2.56 bits per heavy atom. The van der Waals surface area contributed by atoms with E-state index in [9.17, 15) is 9.90 Å². The summed E-state index contributed by atoms with van der Waals surface area (Å²) in [5.41, 5.74) is 4.17. The Balaban J connectivity index is 2.61. The molecule has 0 bridgehead atoms. The smallest absolute Gasteiger partial charge is 0.410 e. The van der Waals surface area contributed by atoms with E-state index in [-0.39, 0.29) is 18.6 Å². The first-order valence-corrected chi connectivity index (χ1v) is 6.56. The first-order valence-electron chi connectivity index (χ1n) is 6.56. The van der Waals surface area contributed by atoms with Gasteiger partial charge < -0.3 is 20.5 Å². The van der Waals surface area contributed by atoms with E-state index in [0.717, 1.165) is 12.8 Å². The van der Waals surface area contributed by atoms with E-state index < -0.39 is 11.2 Å². The van der Waals surface area contributed by atoms with Crippen LogP contribution < -0.4 is 5.73 Å². The molecule has 106 valence electrons. The lowest BCUT2D eigenvalue weighted by Crippen LogP contribution is -2.52. The number of likely N-dealkylation sites (tertiary alicyclic amines) is 1. The number of nitrogens with zero attached hydrogens (tertiary/aromatic N) is 1. The van der Waals surface area contributed by atoms with Crippen LogP contribution in [0.4, 0.5) is 4.79 Å². The number of rotatable bonds is 2. The second-order valence-corrected chi connectivity index (χ2v) is 6.33. The number of ether oxygens (including phenoxy) is 1. The van der Waals surface area contributed by atoms with Gasteiger partial charge in [-0.05, 0) is 40.5 Å². The summed E-state index contributed by atoms with van der Waals surface area (Å²) in [4.78, 5) is 13.6. The van der Waals surface area contributed by atoms with Gasteiger partial charge in [0.15, 0.2) is 0 Å². The number of aliphatic hydroxyl groups is 1. The van der Waals surface area contributed by atoms with Crippen molar-refractivity contribution in [3.8, 4) is 0 Å². The fraction of sp³-hybridized carbons (Fsp3) is 0.923. The lowest BCUT2D eigenvalue weighted by Gasteiger charge is -2.40. The number of hydrogen-bond donors (Lipinski definition) is 2. The van der Waals surface area contributed by atoms with Crippen molar-refractivity contribution in [2.24, 2.45) is 11.7 Å². The Labute approximate surface area is 109 Å². The van der Waals surface area contributed by atoms with Crippen LogP contribution in [0.2, 0.25) is 0 Å². The van der Waals surface area contributed by atoms with Crippen LogP contribution in [0.1, 0.15) is 40.5 Å². The van der Waals surface area contributed by atoms with Crippen molar-refractivity contribution in [2.75, 3.05) is 19.6 Å². The van der Waals surface area contributed by atoms with Crippen LogP contribution in [0, 0.1) is 5.92 Å². The molecule has 2 atom stereocenters. The lowest BCUT2D eigenvalue weighted by atomic mass is 9.83. The molecule has 5 heteroatoms. The highest BCUT2D eigenvalue weighted by Crippen LogP contribution is 2.27. The topological polar surface area (TPSA) is 75.8 Å². The van der Waals surface area contributed by atoms with E-state index in [1.807, 2.05) is 20.8 Å². The highest BCUT2D eigenvalue weighted by molar-refractivity contribution is 5.68. The molecule has 1 saturated heterocycles. The molecule has 0 aromatic heterocycles. The first kappa shape index (κ1) is 15.2. The Morgan fingerprint density at radius 2 is 2.06 bits per heavy atom. The molecular formula is C13H26N2O3. The molecular weight excluding hydrogens is 232 g/mol. The highest BCUT2D eigenvalue weighted by Gasteiger charge is 2.36. The standard InChI is InChI=1S/C13H26N2O3/c1-12(2,3)18-11(16)15-7-5-6-10(8-15)13(4,17)9-14/h10,17H,5-9,14H2,1-4H3/t10-,13-/m1/s1. The van der Waals surface area contributed by atoms with Gasteiger partial charge in [0.2, 0.25) is 0 Å². The molecule has 1 aliphatic rings. The average Bonchev–Trinajstić information content (AvgIpc) is 2.27. The SMILES string of the molecule is CC(C)(C)OC(=O)N1CCC[C@@H]([C@](C)(O)CN)C1.